The number of piperidine rings is 1. The maximum Gasteiger partial charge on any atom is 0.409 e. The monoisotopic (exact) mass is 351 g/mol. The van der Waals surface area contributed by atoms with Crippen LogP contribution in [0.1, 0.15) is 53.3 Å². The van der Waals surface area contributed by atoms with Crippen molar-refractivity contribution < 1.29 is 19.1 Å². The molecule has 0 aromatic heterocycles. The van der Waals surface area contributed by atoms with E-state index in [1.54, 1.807) is 23.1 Å². The predicted octanol–water partition coefficient (Wildman–Crippen LogP) is 3.98. The fraction of sp³-hybridized carbons (Fsp3) is 0.500. The lowest BCUT2D eigenvalue weighted by molar-refractivity contribution is 0.0733. The third kappa shape index (κ3) is 4.57. The number of hydrogen-bond acceptors (Lipinski definition) is 4. The highest BCUT2D eigenvalue weighted by Crippen LogP contribution is 2.25. The minimum atomic E-state index is -0.314. The molecule has 0 atom stereocenters. The first-order valence-electron chi connectivity index (χ1n) is 8.27. The Labute approximate surface area is 146 Å². The van der Waals surface area contributed by atoms with E-state index in [0.29, 0.717) is 55.0 Å². The molecule has 1 saturated heterocycles. The standard InChI is InChI=1S/C18H22ClNO4/c1-2-3-10-24-18(23)20-8-6-13(7-9-20)17(22)16-11-15(19)5-4-14(16)12-21/h4-5,11-13H,2-3,6-10H2,1H3. The van der Waals surface area contributed by atoms with Crippen molar-refractivity contribution in [2.45, 2.75) is 32.6 Å². The van der Waals surface area contributed by atoms with Crippen molar-refractivity contribution in [3.63, 3.8) is 0 Å². The van der Waals surface area contributed by atoms with Crippen molar-refractivity contribution in [2.24, 2.45) is 5.92 Å². The van der Waals surface area contributed by atoms with E-state index >= 15 is 0 Å². The Morgan fingerprint density at radius 3 is 2.67 bits per heavy atom. The lowest BCUT2D eigenvalue weighted by Crippen LogP contribution is -2.40. The third-order valence-electron chi connectivity index (χ3n) is 4.26. The minimum Gasteiger partial charge on any atom is -0.449 e. The molecule has 24 heavy (non-hydrogen) atoms. The van der Waals surface area contributed by atoms with Crippen LogP contribution in [0, 0.1) is 5.92 Å². The average molecular weight is 352 g/mol. The van der Waals surface area contributed by atoms with Gasteiger partial charge in [0.2, 0.25) is 0 Å². The summed E-state index contributed by atoms with van der Waals surface area (Å²) in [5.41, 5.74) is 0.715. The number of unbranched alkanes of at least 4 members (excludes halogenated alkanes) is 1. The van der Waals surface area contributed by atoms with Gasteiger partial charge >= 0.3 is 6.09 Å². The van der Waals surface area contributed by atoms with Crippen molar-refractivity contribution in [3.8, 4) is 0 Å². The smallest absolute Gasteiger partial charge is 0.409 e. The van der Waals surface area contributed by atoms with E-state index < -0.39 is 0 Å². The normalized spacial score (nSPS) is 15.2. The molecule has 130 valence electrons. The lowest BCUT2D eigenvalue weighted by atomic mass is 9.87. The van der Waals surface area contributed by atoms with Gasteiger partial charge in [-0.1, -0.05) is 24.9 Å². The number of Topliss-reactive ketones (excluding diaryl/α,β-unsaturated/α-hetero) is 1. The minimum absolute atomic E-state index is 0.0846. The fourth-order valence-electron chi connectivity index (χ4n) is 2.78. The van der Waals surface area contributed by atoms with Gasteiger partial charge in [-0.05, 0) is 37.5 Å². The van der Waals surface area contributed by atoms with E-state index in [1.165, 1.54) is 0 Å². The summed E-state index contributed by atoms with van der Waals surface area (Å²) < 4.78 is 5.19. The highest BCUT2D eigenvalue weighted by Gasteiger charge is 2.29. The van der Waals surface area contributed by atoms with Crippen LogP contribution < -0.4 is 0 Å². The Morgan fingerprint density at radius 2 is 2.04 bits per heavy atom. The second-order valence-electron chi connectivity index (χ2n) is 5.94. The molecule has 1 aromatic rings. The van der Waals surface area contributed by atoms with Crippen LogP contribution in [0.2, 0.25) is 5.02 Å². The van der Waals surface area contributed by atoms with Gasteiger partial charge in [0.1, 0.15) is 0 Å². The molecule has 1 aliphatic rings. The maximum atomic E-state index is 12.7. The van der Waals surface area contributed by atoms with Gasteiger partial charge in [-0.3, -0.25) is 9.59 Å². The summed E-state index contributed by atoms with van der Waals surface area (Å²) in [4.78, 5) is 37.4. The molecule has 0 unspecified atom stereocenters. The van der Waals surface area contributed by atoms with E-state index in [2.05, 4.69) is 0 Å². The molecule has 1 aromatic carbocycles. The summed E-state index contributed by atoms with van der Waals surface area (Å²) in [6, 6.07) is 4.69. The molecule has 1 amide bonds. The number of likely N-dealkylation sites (tertiary alicyclic amines) is 1. The van der Waals surface area contributed by atoms with Gasteiger partial charge in [0.15, 0.2) is 12.1 Å². The molecule has 0 N–H and O–H groups in total. The zero-order valence-electron chi connectivity index (χ0n) is 13.8. The molecule has 1 aliphatic heterocycles. The fourth-order valence-corrected chi connectivity index (χ4v) is 2.96. The number of benzene rings is 1. The second-order valence-corrected chi connectivity index (χ2v) is 6.38. The number of ether oxygens (including phenoxy) is 1. The van der Waals surface area contributed by atoms with Gasteiger partial charge in [0.25, 0.3) is 0 Å². The molecule has 0 saturated carbocycles. The molecule has 6 heteroatoms. The molecule has 5 nitrogen and oxygen atoms in total. The highest BCUT2D eigenvalue weighted by molar-refractivity contribution is 6.31. The Hall–Kier alpha value is -1.88. The number of amides is 1. The van der Waals surface area contributed by atoms with Gasteiger partial charge in [-0.25, -0.2) is 4.79 Å². The molecular weight excluding hydrogens is 330 g/mol. The third-order valence-corrected chi connectivity index (χ3v) is 4.49. The Balaban J connectivity index is 1.94. The molecule has 0 aliphatic carbocycles. The summed E-state index contributed by atoms with van der Waals surface area (Å²) in [5.74, 6) is -0.291. The number of halogens is 1. The van der Waals surface area contributed by atoms with Gasteiger partial charge in [-0.2, -0.15) is 0 Å². The van der Waals surface area contributed by atoms with Crippen molar-refractivity contribution in [1.29, 1.82) is 0 Å². The summed E-state index contributed by atoms with van der Waals surface area (Å²) in [7, 11) is 0. The average Bonchev–Trinajstić information content (AvgIpc) is 2.61. The van der Waals surface area contributed by atoms with Crippen LogP contribution in [0.3, 0.4) is 0 Å². The van der Waals surface area contributed by atoms with Crippen molar-refractivity contribution in [2.75, 3.05) is 19.7 Å². The number of nitrogens with zero attached hydrogens (tertiary/aromatic N) is 1. The van der Waals surface area contributed by atoms with E-state index in [4.69, 9.17) is 16.3 Å². The van der Waals surface area contributed by atoms with Crippen molar-refractivity contribution in [1.82, 2.24) is 4.90 Å². The molecular formula is C18H22ClNO4. The number of rotatable bonds is 6. The topological polar surface area (TPSA) is 63.7 Å². The van der Waals surface area contributed by atoms with Gasteiger partial charge in [0, 0.05) is 35.2 Å². The first-order chi connectivity index (χ1) is 11.6. The van der Waals surface area contributed by atoms with Gasteiger partial charge in [-0.15, -0.1) is 0 Å². The number of aldehydes is 1. The van der Waals surface area contributed by atoms with Crippen molar-refractivity contribution in [3.05, 3.63) is 34.3 Å². The first-order valence-corrected chi connectivity index (χ1v) is 8.65. The zero-order chi connectivity index (χ0) is 17.5. The largest absolute Gasteiger partial charge is 0.449 e. The van der Waals surface area contributed by atoms with E-state index in [1.807, 2.05) is 6.92 Å². The molecule has 0 bridgehead atoms. The maximum absolute atomic E-state index is 12.7. The highest BCUT2D eigenvalue weighted by atomic mass is 35.5. The molecule has 0 radical (unpaired) electrons. The summed E-state index contributed by atoms with van der Waals surface area (Å²) >= 11 is 5.94. The van der Waals surface area contributed by atoms with Crippen LogP contribution in [0.25, 0.3) is 0 Å². The van der Waals surface area contributed by atoms with Crippen LogP contribution >= 0.6 is 11.6 Å². The summed E-state index contributed by atoms with van der Waals surface area (Å²) in [5, 5.41) is 0.431. The number of carbonyl (C=O) groups excluding carboxylic acids is 3. The summed E-state index contributed by atoms with van der Waals surface area (Å²) in [6.45, 7) is 3.43. The molecule has 0 spiro atoms. The van der Waals surface area contributed by atoms with E-state index in [0.717, 1.165) is 12.8 Å². The van der Waals surface area contributed by atoms with Gasteiger partial charge in [0.05, 0.1) is 6.61 Å². The van der Waals surface area contributed by atoms with Crippen LogP contribution in [0.15, 0.2) is 18.2 Å². The number of hydrogen-bond donors (Lipinski definition) is 0. The van der Waals surface area contributed by atoms with E-state index in [9.17, 15) is 14.4 Å². The van der Waals surface area contributed by atoms with Crippen LogP contribution in [0.4, 0.5) is 4.79 Å². The van der Waals surface area contributed by atoms with E-state index in [-0.39, 0.29) is 17.8 Å². The van der Waals surface area contributed by atoms with Gasteiger partial charge < -0.3 is 9.64 Å². The number of ketones is 1. The molecule has 2 rings (SSSR count). The Bertz CT molecular complexity index is 609. The Kier molecular flexibility index (Phi) is 6.79. The van der Waals surface area contributed by atoms with Crippen LogP contribution in [-0.2, 0) is 4.74 Å². The SMILES string of the molecule is CCCCOC(=O)N1CCC(C(=O)c2cc(Cl)ccc2C=O)CC1. The van der Waals surface area contributed by atoms with Crippen molar-refractivity contribution >= 4 is 29.8 Å². The second kappa shape index (κ2) is 8.83. The molecule has 1 heterocycles. The lowest BCUT2D eigenvalue weighted by Gasteiger charge is -2.30. The number of carbonyl (C=O) groups is 3. The quantitative estimate of drug-likeness (QED) is 0.441. The van der Waals surface area contributed by atoms with Crippen LogP contribution in [0.5, 0.6) is 0 Å². The first kappa shape index (κ1) is 18.5. The van der Waals surface area contributed by atoms with Crippen LogP contribution in [-0.4, -0.2) is 42.8 Å². The predicted molar refractivity (Wildman–Crippen MR) is 91.7 cm³/mol. The zero-order valence-corrected chi connectivity index (χ0v) is 14.6. The Morgan fingerprint density at radius 1 is 1.33 bits per heavy atom. The summed E-state index contributed by atoms with van der Waals surface area (Å²) in [6.07, 6.45) is 3.31. The molecule has 1 fully saturated rings.